The molecule has 1 atom stereocenters. The van der Waals surface area contributed by atoms with Crippen LogP contribution in [-0.4, -0.2) is 49.9 Å². The van der Waals surface area contributed by atoms with E-state index in [4.69, 9.17) is 0 Å². The number of aromatic nitrogens is 3. The van der Waals surface area contributed by atoms with Crippen molar-refractivity contribution in [3.8, 4) is 0 Å². The summed E-state index contributed by atoms with van der Waals surface area (Å²) in [5.74, 6) is 0.0713. The maximum absolute atomic E-state index is 11.6. The molecule has 0 saturated carbocycles. The third-order valence-corrected chi connectivity index (χ3v) is 2.54. The van der Waals surface area contributed by atoms with Crippen molar-refractivity contribution in [3.05, 3.63) is 12.7 Å². The van der Waals surface area contributed by atoms with E-state index in [1.165, 1.54) is 6.33 Å². The van der Waals surface area contributed by atoms with E-state index in [0.717, 1.165) is 0 Å². The quantitative estimate of drug-likeness (QED) is 0.713. The fourth-order valence-corrected chi connectivity index (χ4v) is 1.68. The minimum absolute atomic E-state index is 0.0713. The van der Waals surface area contributed by atoms with Gasteiger partial charge in [0.2, 0.25) is 5.91 Å². The van der Waals surface area contributed by atoms with E-state index in [0.29, 0.717) is 32.5 Å². The molecule has 6 nitrogen and oxygen atoms in total. The van der Waals surface area contributed by atoms with Gasteiger partial charge >= 0.3 is 0 Å². The molecular formula is C9H14N4O2. The summed E-state index contributed by atoms with van der Waals surface area (Å²) in [6.45, 7) is 1.68. The van der Waals surface area contributed by atoms with E-state index in [1.54, 1.807) is 15.9 Å². The number of amides is 1. The van der Waals surface area contributed by atoms with Crippen LogP contribution in [0.25, 0.3) is 0 Å². The molecule has 0 bridgehead atoms. The number of aliphatic hydroxyl groups is 1. The van der Waals surface area contributed by atoms with Crippen molar-refractivity contribution in [2.75, 3.05) is 13.1 Å². The van der Waals surface area contributed by atoms with Crippen LogP contribution in [0.4, 0.5) is 0 Å². The van der Waals surface area contributed by atoms with Crippen LogP contribution in [0.15, 0.2) is 12.7 Å². The number of hydrogen-bond donors (Lipinski definition) is 1. The number of β-amino-alcohol motifs (C(OH)–C–C–N with tert-alkyl or cyclic N) is 1. The zero-order chi connectivity index (χ0) is 10.7. The van der Waals surface area contributed by atoms with Crippen molar-refractivity contribution < 1.29 is 9.90 Å². The second kappa shape index (κ2) is 4.39. The van der Waals surface area contributed by atoms with Gasteiger partial charge in [0.15, 0.2) is 0 Å². The molecule has 1 amide bonds. The second-order valence-corrected chi connectivity index (χ2v) is 3.69. The topological polar surface area (TPSA) is 71.2 Å². The molecule has 0 aliphatic carbocycles. The first-order chi connectivity index (χ1) is 7.25. The van der Waals surface area contributed by atoms with Crippen LogP contribution in [0.2, 0.25) is 0 Å². The van der Waals surface area contributed by atoms with E-state index in [9.17, 15) is 9.90 Å². The first kappa shape index (κ1) is 10.1. The Morgan fingerprint density at radius 3 is 3.07 bits per heavy atom. The van der Waals surface area contributed by atoms with Crippen LogP contribution >= 0.6 is 0 Å². The van der Waals surface area contributed by atoms with Crippen LogP contribution in [0.1, 0.15) is 12.8 Å². The molecule has 0 aromatic carbocycles. The normalized spacial score (nSPS) is 20.9. The molecule has 0 spiro atoms. The third-order valence-electron chi connectivity index (χ3n) is 2.54. The lowest BCUT2D eigenvalue weighted by Crippen LogP contribution is -2.30. The van der Waals surface area contributed by atoms with Crippen molar-refractivity contribution in [1.29, 1.82) is 0 Å². The lowest BCUT2D eigenvalue weighted by atomic mass is 10.3. The van der Waals surface area contributed by atoms with E-state index < -0.39 is 0 Å². The average Bonchev–Trinajstić information content (AvgIpc) is 2.84. The summed E-state index contributed by atoms with van der Waals surface area (Å²) in [7, 11) is 0. The van der Waals surface area contributed by atoms with Gasteiger partial charge in [-0.15, -0.1) is 0 Å². The SMILES string of the molecule is O=C(CCn1cncn1)N1CC[C@H](O)C1. The summed E-state index contributed by atoms with van der Waals surface area (Å²) in [6.07, 6.45) is 3.79. The Hall–Kier alpha value is -1.43. The van der Waals surface area contributed by atoms with Gasteiger partial charge in [0.05, 0.1) is 12.6 Å². The van der Waals surface area contributed by atoms with Crippen LogP contribution in [-0.2, 0) is 11.3 Å². The monoisotopic (exact) mass is 210 g/mol. The molecule has 1 aromatic rings. The minimum Gasteiger partial charge on any atom is -0.391 e. The third kappa shape index (κ3) is 2.53. The average molecular weight is 210 g/mol. The molecular weight excluding hydrogens is 196 g/mol. The van der Waals surface area contributed by atoms with Gasteiger partial charge in [0.1, 0.15) is 12.7 Å². The molecule has 1 aliphatic rings. The number of aliphatic hydroxyl groups excluding tert-OH is 1. The molecule has 1 N–H and O–H groups in total. The summed E-state index contributed by atoms with van der Waals surface area (Å²) in [4.78, 5) is 17.1. The van der Waals surface area contributed by atoms with Crippen LogP contribution in [0.5, 0.6) is 0 Å². The van der Waals surface area contributed by atoms with E-state index >= 15 is 0 Å². The van der Waals surface area contributed by atoms with Gasteiger partial charge in [0, 0.05) is 19.5 Å². The molecule has 82 valence electrons. The smallest absolute Gasteiger partial charge is 0.224 e. The highest BCUT2D eigenvalue weighted by atomic mass is 16.3. The van der Waals surface area contributed by atoms with Gasteiger partial charge in [-0.2, -0.15) is 5.10 Å². The predicted molar refractivity (Wildman–Crippen MR) is 51.8 cm³/mol. The Bertz CT molecular complexity index is 325. The van der Waals surface area contributed by atoms with Gasteiger partial charge < -0.3 is 10.0 Å². The molecule has 1 saturated heterocycles. The maximum Gasteiger partial charge on any atom is 0.224 e. The highest BCUT2D eigenvalue weighted by Crippen LogP contribution is 2.10. The Kier molecular flexibility index (Phi) is 2.96. The van der Waals surface area contributed by atoms with Gasteiger partial charge in [-0.1, -0.05) is 0 Å². The molecule has 15 heavy (non-hydrogen) atoms. The number of likely N-dealkylation sites (tertiary alicyclic amines) is 1. The van der Waals surface area contributed by atoms with Crippen molar-refractivity contribution >= 4 is 5.91 Å². The highest BCUT2D eigenvalue weighted by Gasteiger charge is 2.23. The molecule has 1 aliphatic heterocycles. The predicted octanol–water partition coefficient (Wildman–Crippen LogP) is -0.739. The maximum atomic E-state index is 11.6. The Labute approximate surface area is 87.5 Å². The molecule has 0 radical (unpaired) electrons. The van der Waals surface area contributed by atoms with Crippen LogP contribution in [0, 0.1) is 0 Å². The van der Waals surface area contributed by atoms with Crippen LogP contribution in [0.3, 0.4) is 0 Å². The summed E-state index contributed by atoms with van der Waals surface area (Å²) < 4.78 is 1.63. The summed E-state index contributed by atoms with van der Waals surface area (Å²) in [6, 6.07) is 0. The second-order valence-electron chi connectivity index (χ2n) is 3.69. The van der Waals surface area contributed by atoms with Crippen molar-refractivity contribution in [2.24, 2.45) is 0 Å². The standard InChI is InChI=1S/C9H14N4O2/c14-8-1-3-12(5-8)9(15)2-4-13-7-10-6-11-13/h6-8,14H,1-5H2/t8-/m0/s1. The highest BCUT2D eigenvalue weighted by molar-refractivity contribution is 5.76. The minimum atomic E-state index is -0.347. The van der Waals surface area contributed by atoms with E-state index in [2.05, 4.69) is 10.1 Å². The van der Waals surface area contributed by atoms with Crippen molar-refractivity contribution in [1.82, 2.24) is 19.7 Å². The molecule has 0 unspecified atom stereocenters. The number of nitrogens with zero attached hydrogens (tertiary/aromatic N) is 4. The molecule has 1 fully saturated rings. The fraction of sp³-hybridized carbons (Fsp3) is 0.667. The number of carbonyl (C=O) groups excluding carboxylic acids is 1. The van der Waals surface area contributed by atoms with Gasteiger partial charge in [-0.3, -0.25) is 9.48 Å². The molecule has 2 rings (SSSR count). The zero-order valence-electron chi connectivity index (χ0n) is 8.41. The van der Waals surface area contributed by atoms with Crippen molar-refractivity contribution in [3.63, 3.8) is 0 Å². The number of hydrogen-bond acceptors (Lipinski definition) is 4. The molecule has 6 heteroatoms. The summed E-state index contributed by atoms with van der Waals surface area (Å²) in [5.41, 5.74) is 0. The zero-order valence-corrected chi connectivity index (χ0v) is 8.41. The van der Waals surface area contributed by atoms with E-state index in [-0.39, 0.29) is 12.0 Å². The van der Waals surface area contributed by atoms with Crippen LogP contribution < -0.4 is 0 Å². The number of rotatable bonds is 3. The lowest BCUT2D eigenvalue weighted by molar-refractivity contribution is -0.130. The summed E-state index contributed by atoms with van der Waals surface area (Å²) >= 11 is 0. The fourth-order valence-electron chi connectivity index (χ4n) is 1.68. The Morgan fingerprint density at radius 2 is 2.47 bits per heavy atom. The Morgan fingerprint density at radius 1 is 1.60 bits per heavy atom. The van der Waals surface area contributed by atoms with Gasteiger partial charge in [-0.25, -0.2) is 4.98 Å². The van der Waals surface area contributed by atoms with Gasteiger partial charge in [-0.05, 0) is 6.42 Å². The number of carbonyl (C=O) groups is 1. The first-order valence-corrected chi connectivity index (χ1v) is 5.04. The Balaban J connectivity index is 1.78. The number of aryl methyl sites for hydroxylation is 1. The first-order valence-electron chi connectivity index (χ1n) is 5.04. The van der Waals surface area contributed by atoms with Crippen molar-refractivity contribution in [2.45, 2.75) is 25.5 Å². The summed E-state index contributed by atoms with van der Waals surface area (Å²) in [5, 5.41) is 13.2. The largest absolute Gasteiger partial charge is 0.391 e. The molecule has 1 aromatic heterocycles. The van der Waals surface area contributed by atoms with Gasteiger partial charge in [0.25, 0.3) is 0 Å². The molecule has 2 heterocycles. The lowest BCUT2D eigenvalue weighted by Gasteiger charge is -2.14. The van der Waals surface area contributed by atoms with E-state index in [1.807, 2.05) is 0 Å².